The van der Waals surface area contributed by atoms with Gasteiger partial charge in [-0.2, -0.15) is 0 Å². The first-order valence-corrected chi connectivity index (χ1v) is 15.3. The van der Waals surface area contributed by atoms with E-state index in [-0.39, 0.29) is 12.2 Å². The molecule has 0 amide bonds. The van der Waals surface area contributed by atoms with E-state index < -0.39 is 11.4 Å². The minimum absolute atomic E-state index is 0.0176. The second kappa shape index (κ2) is 10.4. The molecule has 2 aliphatic heterocycles. The van der Waals surface area contributed by atoms with Crippen LogP contribution in [-0.2, 0) is 13.0 Å². The molecule has 0 fully saturated rings. The number of nitrogens with zero attached hydrogens (tertiary/aromatic N) is 1. The van der Waals surface area contributed by atoms with E-state index in [1.165, 1.54) is 0 Å². The molecule has 0 bridgehead atoms. The molecule has 9 nitrogen and oxygen atoms in total. The maximum absolute atomic E-state index is 13.9. The number of hydrogen-bond acceptors (Lipinski definition) is 8. The summed E-state index contributed by atoms with van der Waals surface area (Å²) in [6.45, 7) is 12.2. The maximum atomic E-state index is 13.9. The molecule has 0 saturated heterocycles. The third kappa shape index (κ3) is 4.72. The molecule has 0 unspecified atom stereocenters. The lowest BCUT2D eigenvalue weighted by molar-refractivity contribution is -0.0431. The number of fused-ring (bicyclic) bond motifs is 8. The summed E-state index contributed by atoms with van der Waals surface area (Å²) >= 11 is 0. The number of aromatic nitrogens is 1. The van der Waals surface area contributed by atoms with Crippen molar-refractivity contribution in [2.75, 3.05) is 14.2 Å². The molecule has 2 aromatic heterocycles. The van der Waals surface area contributed by atoms with Crippen molar-refractivity contribution in [1.29, 1.82) is 0 Å². The summed E-state index contributed by atoms with van der Waals surface area (Å²) in [5, 5.41) is 1.50. The van der Waals surface area contributed by atoms with Gasteiger partial charge in [-0.25, -0.2) is 4.79 Å². The first-order chi connectivity index (χ1) is 21.5. The molecule has 4 heterocycles. The Kier molecular flexibility index (Phi) is 6.69. The molecule has 0 radical (unpaired) electrons. The largest absolute Gasteiger partial charge is 0.493 e. The van der Waals surface area contributed by atoms with Gasteiger partial charge in [-0.05, 0) is 75.6 Å². The topological polar surface area (TPSA) is 90.5 Å². The van der Waals surface area contributed by atoms with Gasteiger partial charge < -0.3 is 37.4 Å². The molecule has 7 rings (SSSR count). The third-order valence-electron chi connectivity index (χ3n) is 8.11. The van der Waals surface area contributed by atoms with E-state index in [1.807, 2.05) is 71.9 Å². The summed E-state index contributed by atoms with van der Waals surface area (Å²) in [5.41, 5.74) is 5.16. The lowest BCUT2D eigenvalue weighted by Crippen LogP contribution is -2.29. The average Bonchev–Trinajstić information content (AvgIpc) is 3.49. The lowest BCUT2D eigenvalue weighted by Gasteiger charge is -2.24. The molecule has 3 aromatic carbocycles. The van der Waals surface area contributed by atoms with Crippen molar-refractivity contribution in [2.45, 2.75) is 72.5 Å². The minimum atomic E-state index is -0.788. The Morgan fingerprint density at radius 3 is 2.18 bits per heavy atom. The van der Waals surface area contributed by atoms with Crippen molar-refractivity contribution in [3.05, 3.63) is 58.4 Å². The zero-order valence-corrected chi connectivity index (χ0v) is 26.8. The van der Waals surface area contributed by atoms with Crippen LogP contribution in [0.25, 0.3) is 44.3 Å². The smallest absolute Gasteiger partial charge is 0.361 e. The Bertz CT molecular complexity index is 2050. The van der Waals surface area contributed by atoms with Crippen molar-refractivity contribution >= 4 is 21.9 Å². The van der Waals surface area contributed by atoms with Gasteiger partial charge in [-0.3, -0.25) is 0 Å². The normalized spacial score (nSPS) is 14.6. The van der Waals surface area contributed by atoms with Gasteiger partial charge in [0.15, 0.2) is 34.5 Å². The number of benzene rings is 3. The highest BCUT2D eigenvalue weighted by molar-refractivity contribution is 6.17. The summed E-state index contributed by atoms with van der Waals surface area (Å²) in [6.07, 6.45) is 0.579. The molecule has 0 aliphatic carbocycles. The quantitative estimate of drug-likeness (QED) is 0.173. The first-order valence-electron chi connectivity index (χ1n) is 15.3. The fraction of sp³-hybridized carbons (Fsp3) is 0.361. The summed E-state index contributed by atoms with van der Waals surface area (Å²) in [4.78, 5) is 13.9. The van der Waals surface area contributed by atoms with Crippen LogP contribution < -0.4 is 34.0 Å². The van der Waals surface area contributed by atoms with Crippen molar-refractivity contribution < 1.29 is 32.8 Å². The van der Waals surface area contributed by atoms with Crippen LogP contribution in [0.5, 0.6) is 34.5 Å². The molecule has 0 N–H and O–H groups in total. The van der Waals surface area contributed by atoms with Gasteiger partial charge in [0.25, 0.3) is 0 Å². The van der Waals surface area contributed by atoms with Crippen molar-refractivity contribution in [3.8, 4) is 56.9 Å². The predicted molar refractivity (Wildman–Crippen MR) is 173 cm³/mol. The van der Waals surface area contributed by atoms with Crippen molar-refractivity contribution in [1.82, 2.24) is 4.57 Å². The Balaban J connectivity index is 1.60. The predicted octanol–water partition coefficient (Wildman–Crippen LogP) is 7.74. The number of ether oxygens (including phenoxy) is 6. The number of aryl methyl sites for hydroxylation is 2. The summed E-state index contributed by atoms with van der Waals surface area (Å²) < 4.78 is 44.0. The molecular weight excluding hydrogens is 574 g/mol. The van der Waals surface area contributed by atoms with Crippen LogP contribution >= 0.6 is 0 Å². The number of rotatable bonds is 7. The molecule has 0 spiro atoms. The van der Waals surface area contributed by atoms with Gasteiger partial charge in [0, 0.05) is 48.4 Å². The second-order valence-corrected chi connectivity index (χ2v) is 12.5. The minimum Gasteiger partial charge on any atom is -0.493 e. The van der Waals surface area contributed by atoms with E-state index in [4.69, 9.17) is 32.8 Å². The molecule has 0 atom stereocenters. The van der Waals surface area contributed by atoms with Crippen LogP contribution in [0.3, 0.4) is 0 Å². The van der Waals surface area contributed by atoms with E-state index in [9.17, 15) is 4.79 Å². The Labute approximate surface area is 261 Å². The van der Waals surface area contributed by atoms with E-state index in [1.54, 1.807) is 20.3 Å². The highest BCUT2D eigenvalue weighted by Gasteiger charge is 2.34. The molecule has 234 valence electrons. The second-order valence-electron chi connectivity index (χ2n) is 12.5. The zero-order chi connectivity index (χ0) is 31.8. The lowest BCUT2D eigenvalue weighted by atomic mass is 9.91. The standard InChI is InChI=1S/C36H37NO8/c1-18(2)41-28-13-20-11-12-37-33(22(20)15-26(28)39-7)31(21-9-10-24-30(14-21)45-36(5,6)44-24)32-23-16-27(40-8)29(42-19(3)4)17-25(23)43-35(38)34(32)37/h9-10,13-19H,11-12H2,1-8H3. The Morgan fingerprint density at radius 1 is 0.822 bits per heavy atom. The molecule has 9 heteroatoms. The van der Waals surface area contributed by atoms with Gasteiger partial charge in [-0.15, -0.1) is 0 Å². The summed E-state index contributed by atoms with van der Waals surface area (Å²) in [7, 11) is 3.24. The van der Waals surface area contributed by atoms with Gasteiger partial charge >= 0.3 is 5.63 Å². The molecule has 0 saturated carbocycles. The van der Waals surface area contributed by atoms with E-state index >= 15 is 0 Å². The van der Waals surface area contributed by atoms with Gasteiger partial charge in [0.1, 0.15) is 11.1 Å². The van der Waals surface area contributed by atoms with E-state index in [2.05, 4.69) is 10.6 Å². The molecule has 45 heavy (non-hydrogen) atoms. The van der Waals surface area contributed by atoms with Crippen molar-refractivity contribution in [3.63, 3.8) is 0 Å². The Hall–Kier alpha value is -4.79. The first kappa shape index (κ1) is 29.0. The van der Waals surface area contributed by atoms with Crippen LogP contribution in [-0.4, -0.2) is 36.8 Å². The van der Waals surface area contributed by atoms with E-state index in [0.29, 0.717) is 58.6 Å². The van der Waals surface area contributed by atoms with Crippen LogP contribution in [0, 0.1) is 0 Å². The molecule has 2 aliphatic rings. The third-order valence-corrected chi connectivity index (χ3v) is 8.11. The zero-order valence-electron chi connectivity index (χ0n) is 26.8. The highest BCUT2D eigenvalue weighted by atomic mass is 16.7. The SMILES string of the molecule is COc1cc2c(cc1OC(C)C)CCn1c-2c(-c2ccc3c(c2)OC(C)(C)O3)c2c3cc(OC)c(OC(C)C)cc3oc(=O)c21. The Morgan fingerprint density at radius 2 is 1.49 bits per heavy atom. The van der Waals surface area contributed by atoms with Crippen LogP contribution in [0.1, 0.15) is 47.1 Å². The van der Waals surface area contributed by atoms with Crippen LogP contribution in [0.2, 0.25) is 0 Å². The van der Waals surface area contributed by atoms with Crippen molar-refractivity contribution in [2.24, 2.45) is 0 Å². The van der Waals surface area contributed by atoms with E-state index in [0.717, 1.165) is 38.7 Å². The van der Waals surface area contributed by atoms with Gasteiger partial charge in [0.05, 0.1) is 32.1 Å². The fourth-order valence-corrected chi connectivity index (χ4v) is 6.50. The number of methoxy groups -OCH3 is 2. The fourth-order valence-electron chi connectivity index (χ4n) is 6.50. The van der Waals surface area contributed by atoms with Gasteiger partial charge in [-0.1, -0.05) is 6.07 Å². The average molecular weight is 612 g/mol. The highest BCUT2D eigenvalue weighted by Crippen LogP contribution is 2.51. The summed E-state index contributed by atoms with van der Waals surface area (Å²) in [6, 6.07) is 13.6. The van der Waals surface area contributed by atoms with Crippen LogP contribution in [0.15, 0.2) is 51.7 Å². The molecule has 5 aromatic rings. The van der Waals surface area contributed by atoms with Crippen LogP contribution in [0.4, 0.5) is 0 Å². The monoisotopic (exact) mass is 611 g/mol. The summed E-state index contributed by atoms with van der Waals surface area (Å²) in [5.74, 6) is 2.88. The maximum Gasteiger partial charge on any atom is 0.361 e. The van der Waals surface area contributed by atoms with Gasteiger partial charge in [0.2, 0.25) is 5.79 Å². The number of hydrogen-bond donors (Lipinski definition) is 0. The molecular formula is C36H37NO8.